The van der Waals surface area contributed by atoms with E-state index in [1.807, 2.05) is 13.8 Å². The number of aliphatic imine (C=N–C) groups is 1. The Morgan fingerprint density at radius 1 is 1.56 bits per heavy atom. The standard InChI is InChI=1S/C7H13NO/c1-6(4-5-9)7(2)8-3/h4-7,9H,3H2,1-2H3/b5-4+/t6-,7+/m0/s1. The quantitative estimate of drug-likeness (QED) is 0.455. The van der Waals surface area contributed by atoms with Crippen LogP contribution in [-0.2, 0) is 0 Å². The molecule has 0 heterocycles. The molecular weight excluding hydrogens is 114 g/mol. The molecule has 0 aliphatic rings. The van der Waals surface area contributed by atoms with Crippen LogP contribution in [0.4, 0.5) is 0 Å². The van der Waals surface area contributed by atoms with Crippen LogP contribution in [0.1, 0.15) is 13.8 Å². The summed E-state index contributed by atoms with van der Waals surface area (Å²) in [6, 6.07) is 0.188. The Balaban J connectivity index is 3.71. The first-order valence-electron chi connectivity index (χ1n) is 2.99. The zero-order valence-corrected chi connectivity index (χ0v) is 5.91. The van der Waals surface area contributed by atoms with Crippen molar-refractivity contribution in [2.45, 2.75) is 19.9 Å². The van der Waals surface area contributed by atoms with Gasteiger partial charge in [0.05, 0.1) is 12.3 Å². The Morgan fingerprint density at radius 2 is 2.11 bits per heavy atom. The lowest BCUT2D eigenvalue weighted by atomic mass is 10.1. The highest BCUT2D eigenvalue weighted by molar-refractivity contribution is 5.24. The van der Waals surface area contributed by atoms with Crippen LogP contribution in [0.5, 0.6) is 0 Å². The molecule has 0 aromatic rings. The van der Waals surface area contributed by atoms with Gasteiger partial charge in [0.2, 0.25) is 0 Å². The summed E-state index contributed by atoms with van der Waals surface area (Å²) in [5.74, 6) is 0.271. The van der Waals surface area contributed by atoms with Gasteiger partial charge in [0, 0.05) is 0 Å². The molecule has 0 unspecified atom stereocenters. The van der Waals surface area contributed by atoms with Crippen LogP contribution >= 0.6 is 0 Å². The minimum absolute atomic E-state index is 0.188. The zero-order valence-electron chi connectivity index (χ0n) is 5.91. The lowest BCUT2D eigenvalue weighted by Crippen LogP contribution is -2.07. The Hall–Kier alpha value is -0.790. The lowest BCUT2D eigenvalue weighted by Gasteiger charge is -2.08. The van der Waals surface area contributed by atoms with E-state index in [-0.39, 0.29) is 12.0 Å². The SMILES string of the molecule is C=N[C@H](C)[C@@H](C)/C=C/O. The minimum atomic E-state index is 0.188. The number of rotatable bonds is 3. The van der Waals surface area contributed by atoms with Gasteiger partial charge < -0.3 is 5.11 Å². The second-order valence-corrected chi connectivity index (χ2v) is 2.12. The van der Waals surface area contributed by atoms with Crippen LogP contribution in [0.15, 0.2) is 17.3 Å². The highest BCUT2D eigenvalue weighted by atomic mass is 16.2. The van der Waals surface area contributed by atoms with E-state index in [2.05, 4.69) is 11.7 Å². The van der Waals surface area contributed by atoms with Crippen molar-refractivity contribution in [1.82, 2.24) is 0 Å². The Bertz CT molecular complexity index is 109. The van der Waals surface area contributed by atoms with Crippen molar-refractivity contribution in [3.63, 3.8) is 0 Å². The molecule has 0 aliphatic carbocycles. The van der Waals surface area contributed by atoms with Crippen molar-refractivity contribution >= 4 is 6.72 Å². The first-order chi connectivity index (χ1) is 4.22. The summed E-state index contributed by atoms with van der Waals surface area (Å²) in [4.78, 5) is 3.79. The van der Waals surface area contributed by atoms with E-state index >= 15 is 0 Å². The summed E-state index contributed by atoms with van der Waals surface area (Å²) in [5, 5.41) is 8.34. The van der Waals surface area contributed by atoms with Crippen molar-refractivity contribution in [2.24, 2.45) is 10.9 Å². The molecule has 0 rings (SSSR count). The molecule has 0 saturated carbocycles. The van der Waals surface area contributed by atoms with Crippen molar-refractivity contribution in [3.05, 3.63) is 12.3 Å². The van der Waals surface area contributed by atoms with Gasteiger partial charge in [-0.15, -0.1) is 0 Å². The van der Waals surface area contributed by atoms with Gasteiger partial charge in [-0.1, -0.05) is 6.92 Å². The van der Waals surface area contributed by atoms with Gasteiger partial charge in [-0.25, -0.2) is 0 Å². The fourth-order valence-corrected chi connectivity index (χ4v) is 0.463. The van der Waals surface area contributed by atoms with Crippen LogP contribution in [0.3, 0.4) is 0 Å². The third-order valence-electron chi connectivity index (χ3n) is 1.44. The first kappa shape index (κ1) is 8.21. The van der Waals surface area contributed by atoms with Crippen LogP contribution in [0.2, 0.25) is 0 Å². The third kappa shape index (κ3) is 2.90. The average molecular weight is 127 g/mol. The molecule has 0 aromatic heterocycles. The molecule has 2 heteroatoms. The minimum Gasteiger partial charge on any atom is -0.516 e. The van der Waals surface area contributed by atoms with Crippen molar-refractivity contribution < 1.29 is 5.11 Å². The number of hydrogen-bond acceptors (Lipinski definition) is 2. The van der Waals surface area contributed by atoms with E-state index in [1.54, 1.807) is 6.08 Å². The summed E-state index contributed by atoms with van der Waals surface area (Å²) in [6.07, 6.45) is 2.74. The predicted octanol–water partition coefficient (Wildman–Crippen LogP) is 1.78. The van der Waals surface area contributed by atoms with Crippen LogP contribution in [0, 0.1) is 5.92 Å². The fraction of sp³-hybridized carbons (Fsp3) is 0.571. The Morgan fingerprint density at radius 3 is 2.44 bits per heavy atom. The number of aliphatic hydroxyl groups is 1. The van der Waals surface area contributed by atoms with Crippen molar-refractivity contribution in [3.8, 4) is 0 Å². The predicted molar refractivity (Wildman–Crippen MR) is 39.9 cm³/mol. The molecule has 2 nitrogen and oxygen atoms in total. The highest BCUT2D eigenvalue weighted by Crippen LogP contribution is 2.06. The molecular formula is C7H13NO. The lowest BCUT2D eigenvalue weighted by molar-refractivity contribution is 0.459. The van der Waals surface area contributed by atoms with E-state index in [0.717, 1.165) is 6.26 Å². The molecule has 0 aliphatic heterocycles. The summed E-state index contributed by atoms with van der Waals surface area (Å²) < 4.78 is 0. The van der Waals surface area contributed by atoms with Crippen LogP contribution in [-0.4, -0.2) is 17.9 Å². The third-order valence-corrected chi connectivity index (χ3v) is 1.44. The fourth-order valence-electron chi connectivity index (χ4n) is 0.463. The second kappa shape index (κ2) is 4.13. The second-order valence-electron chi connectivity index (χ2n) is 2.12. The maximum absolute atomic E-state index is 8.34. The molecule has 52 valence electrons. The smallest absolute Gasteiger partial charge is 0.0755 e. The molecule has 0 aromatic carbocycles. The maximum atomic E-state index is 8.34. The summed E-state index contributed by atoms with van der Waals surface area (Å²) in [7, 11) is 0. The van der Waals surface area contributed by atoms with E-state index in [9.17, 15) is 0 Å². The monoisotopic (exact) mass is 127 g/mol. The first-order valence-corrected chi connectivity index (χ1v) is 2.99. The molecule has 0 radical (unpaired) electrons. The number of hydrogen-bond donors (Lipinski definition) is 1. The van der Waals surface area contributed by atoms with E-state index in [0.29, 0.717) is 0 Å². The Kier molecular flexibility index (Phi) is 3.76. The molecule has 0 amide bonds. The van der Waals surface area contributed by atoms with E-state index < -0.39 is 0 Å². The molecule has 0 fully saturated rings. The molecule has 2 atom stereocenters. The van der Waals surface area contributed by atoms with Gasteiger partial charge in [0.1, 0.15) is 0 Å². The zero-order chi connectivity index (χ0) is 7.28. The summed E-state index contributed by atoms with van der Waals surface area (Å²) in [6.45, 7) is 7.33. The van der Waals surface area contributed by atoms with Crippen LogP contribution < -0.4 is 0 Å². The van der Waals surface area contributed by atoms with E-state index in [1.165, 1.54) is 0 Å². The summed E-state index contributed by atoms with van der Waals surface area (Å²) in [5.41, 5.74) is 0. The van der Waals surface area contributed by atoms with Crippen molar-refractivity contribution in [2.75, 3.05) is 0 Å². The maximum Gasteiger partial charge on any atom is 0.0755 e. The van der Waals surface area contributed by atoms with Gasteiger partial charge in [0.25, 0.3) is 0 Å². The normalized spacial score (nSPS) is 17.6. The largest absolute Gasteiger partial charge is 0.516 e. The molecule has 0 saturated heterocycles. The van der Waals surface area contributed by atoms with Gasteiger partial charge in [-0.3, -0.25) is 4.99 Å². The van der Waals surface area contributed by atoms with Gasteiger partial charge in [-0.05, 0) is 25.6 Å². The highest BCUT2D eigenvalue weighted by Gasteiger charge is 2.03. The number of aliphatic hydroxyl groups excluding tert-OH is 1. The van der Waals surface area contributed by atoms with Gasteiger partial charge in [-0.2, -0.15) is 0 Å². The molecule has 9 heavy (non-hydrogen) atoms. The van der Waals surface area contributed by atoms with E-state index in [4.69, 9.17) is 5.11 Å². The Labute approximate surface area is 55.9 Å². The number of nitrogens with zero attached hydrogens (tertiary/aromatic N) is 1. The van der Waals surface area contributed by atoms with Crippen molar-refractivity contribution in [1.29, 1.82) is 0 Å². The molecule has 1 N–H and O–H groups in total. The molecule has 0 bridgehead atoms. The van der Waals surface area contributed by atoms with Crippen LogP contribution in [0.25, 0.3) is 0 Å². The van der Waals surface area contributed by atoms with Gasteiger partial charge >= 0.3 is 0 Å². The summed E-state index contributed by atoms with van der Waals surface area (Å²) >= 11 is 0. The topological polar surface area (TPSA) is 32.6 Å². The van der Waals surface area contributed by atoms with Gasteiger partial charge in [0.15, 0.2) is 0 Å². The average Bonchev–Trinajstić information content (AvgIpc) is 1.87. The molecule has 0 spiro atoms.